The minimum atomic E-state index is -1.31. The third kappa shape index (κ3) is 7.29. The molecule has 0 bridgehead atoms. The van der Waals surface area contributed by atoms with Gasteiger partial charge in [0, 0.05) is 0 Å². The van der Waals surface area contributed by atoms with Crippen molar-refractivity contribution in [3.63, 3.8) is 0 Å². The lowest BCUT2D eigenvalue weighted by Gasteiger charge is -2.44. The molecular weight excluding hydrogens is 476 g/mol. The molecule has 198 valence electrons. The minimum Gasteiger partial charge on any atom is -0.497 e. The van der Waals surface area contributed by atoms with Crippen LogP contribution in [0.4, 0.5) is 0 Å². The summed E-state index contributed by atoms with van der Waals surface area (Å²) in [6.45, 7) is 0.402. The number of ether oxygens (including phenoxy) is 6. The highest BCUT2D eigenvalue weighted by molar-refractivity contribution is 5.27. The molecule has 3 aromatic carbocycles. The number of hydrogen-bond acceptors (Lipinski definition) is 8. The molecule has 0 aromatic heterocycles. The van der Waals surface area contributed by atoms with Gasteiger partial charge < -0.3 is 38.6 Å². The first-order valence-electron chi connectivity index (χ1n) is 12.2. The number of aliphatic hydroxyl groups is 2. The Kier molecular flexibility index (Phi) is 9.90. The summed E-state index contributed by atoms with van der Waals surface area (Å²) in [4.78, 5) is 0. The van der Waals surface area contributed by atoms with Crippen LogP contribution in [0.5, 0.6) is 11.5 Å². The highest BCUT2D eigenvalue weighted by atomic mass is 16.7. The second-order valence-corrected chi connectivity index (χ2v) is 8.76. The summed E-state index contributed by atoms with van der Waals surface area (Å²) in [7, 11) is 3.22. The highest BCUT2D eigenvalue weighted by Gasteiger charge is 2.47. The van der Waals surface area contributed by atoms with Crippen LogP contribution in [0.2, 0.25) is 0 Å². The molecular formula is C29H34O8. The van der Waals surface area contributed by atoms with Gasteiger partial charge in [-0.15, -0.1) is 0 Å². The Balaban J connectivity index is 1.53. The maximum Gasteiger partial charge on any atom is 0.184 e. The normalized spacial score (nSPS) is 23.5. The lowest BCUT2D eigenvalue weighted by molar-refractivity contribution is -0.315. The molecule has 0 spiro atoms. The predicted molar refractivity (Wildman–Crippen MR) is 136 cm³/mol. The Bertz CT molecular complexity index is 1060. The van der Waals surface area contributed by atoms with E-state index < -0.39 is 30.7 Å². The molecule has 1 heterocycles. The molecule has 0 radical (unpaired) electrons. The van der Waals surface area contributed by atoms with Crippen molar-refractivity contribution in [1.29, 1.82) is 0 Å². The Morgan fingerprint density at radius 2 is 1.08 bits per heavy atom. The highest BCUT2D eigenvalue weighted by Crippen LogP contribution is 2.30. The van der Waals surface area contributed by atoms with Crippen LogP contribution in [0, 0.1) is 0 Å². The lowest BCUT2D eigenvalue weighted by Crippen LogP contribution is -2.61. The summed E-state index contributed by atoms with van der Waals surface area (Å²) in [6, 6.07) is 24.7. The first-order chi connectivity index (χ1) is 18.1. The van der Waals surface area contributed by atoms with Crippen LogP contribution >= 0.6 is 0 Å². The molecule has 5 atom stereocenters. The van der Waals surface area contributed by atoms with Gasteiger partial charge in [0.05, 0.1) is 40.6 Å². The SMILES string of the molecule is COc1ccc(CO[C@@H]2[C@@H](OCc3ccc(OC)cc3)[C@H](O)O[C@H](CO)[C@H]2OCc2ccccc2)cc1. The number of aliphatic hydroxyl groups excluding tert-OH is 2. The van der Waals surface area contributed by atoms with E-state index in [1.54, 1.807) is 14.2 Å². The summed E-state index contributed by atoms with van der Waals surface area (Å²) in [5.41, 5.74) is 2.78. The Morgan fingerprint density at radius 1 is 0.622 bits per heavy atom. The van der Waals surface area contributed by atoms with Crippen LogP contribution < -0.4 is 9.47 Å². The topological polar surface area (TPSA) is 95.8 Å². The number of benzene rings is 3. The molecule has 1 aliphatic rings. The Labute approximate surface area is 217 Å². The van der Waals surface area contributed by atoms with Gasteiger partial charge in [-0.1, -0.05) is 54.6 Å². The molecule has 2 N–H and O–H groups in total. The molecule has 3 aromatic rings. The average Bonchev–Trinajstić information content (AvgIpc) is 2.95. The molecule has 8 nitrogen and oxygen atoms in total. The zero-order chi connectivity index (χ0) is 26.0. The Hall–Kier alpha value is -2.98. The first-order valence-corrected chi connectivity index (χ1v) is 12.2. The predicted octanol–water partition coefficient (Wildman–Crippen LogP) is 3.47. The molecule has 1 aliphatic heterocycles. The molecule has 37 heavy (non-hydrogen) atoms. The van der Waals surface area contributed by atoms with E-state index in [9.17, 15) is 10.2 Å². The smallest absolute Gasteiger partial charge is 0.184 e. The third-order valence-corrected chi connectivity index (χ3v) is 6.28. The molecule has 4 rings (SSSR count). The molecule has 1 saturated heterocycles. The van der Waals surface area contributed by atoms with E-state index in [1.165, 1.54) is 0 Å². The average molecular weight is 511 g/mol. The van der Waals surface area contributed by atoms with Gasteiger partial charge in [0.1, 0.15) is 35.9 Å². The van der Waals surface area contributed by atoms with Crippen molar-refractivity contribution >= 4 is 0 Å². The van der Waals surface area contributed by atoms with Crippen molar-refractivity contribution in [3.05, 3.63) is 95.6 Å². The fourth-order valence-electron chi connectivity index (χ4n) is 4.21. The van der Waals surface area contributed by atoms with E-state index in [1.807, 2.05) is 78.9 Å². The van der Waals surface area contributed by atoms with Gasteiger partial charge in [0.2, 0.25) is 0 Å². The summed E-state index contributed by atoms with van der Waals surface area (Å²) >= 11 is 0. The number of hydrogen-bond donors (Lipinski definition) is 2. The zero-order valence-corrected chi connectivity index (χ0v) is 21.1. The molecule has 0 unspecified atom stereocenters. The van der Waals surface area contributed by atoms with Crippen LogP contribution in [0.3, 0.4) is 0 Å². The molecule has 0 amide bonds. The summed E-state index contributed by atoms with van der Waals surface area (Å²) in [6.07, 6.45) is -4.37. The third-order valence-electron chi connectivity index (χ3n) is 6.28. The number of rotatable bonds is 12. The van der Waals surface area contributed by atoms with E-state index in [0.717, 1.165) is 28.2 Å². The van der Waals surface area contributed by atoms with E-state index >= 15 is 0 Å². The van der Waals surface area contributed by atoms with Crippen molar-refractivity contribution in [2.24, 2.45) is 0 Å². The fourth-order valence-corrected chi connectivity index (χ4v) is 4.21. The van der Waals surface area contributed by atoms with Crippen LogP contribution in [0.15, 0.2) is 78.9 Å². The molecule has 0 saturated carbocycles. The summed E-state index contributed by atoms with van der Waals surface area (Å²) < 4.78 is 34.9. The van der Waals surface area contributed by atoms with Crippen LogP contribution in [0.25, 0.3) is 0 Å². The monoisotopic (exact) mass is 510 g/mol. The van der Waals surface area contributed by atoms with E-state index in [2.05, 4.69) is 0 Å². The van der Waals surface area contributed by atoms with E-state index in [4.69, 9.17) is 28.4 Å². The van der Waals surface area contributed by atoms with E-state index in [0.29, 0.717) is 0 Å². The molecule has 0 aliphatic carbocycles. The van der Waals surface area contributed by atoms with Crippen molar-refractivity contribution < 1.29 is 38.6 Å². The summed E-state index contributed by atoms with van der Waals surface area (Å²) in [5.74, 6) is 1.49. The summed E-state index contributed by atoms with van der Waals surface area (Å²) in [5, 5.41) is 20.9. The van der Waals surface area contributed by atoms with Gasteiger partial charge >= 0.3 is 0 Å². The first kappa shape index (κ1) is 27.1. The van der Waals surface area contributed by atoms with Crippen LogP contribution in [0.1, 0.15) is 16.7 Å². The fraction of sp³-hybridized carbons (Fsp3) is 0.379. The number of methoxy groups -OCH3 is 2. The lowest BCUT2D eigenvalue weighted by atomic mass is 9.98. The quantitative estimate of drug-likeness (QED) is 0.383. The second kappa shape index (κ2) is 13.5. The molecule has 8 heteroatoms. The zero-order valence-electron chi connectivity index (χ0n) is 21.1. The van der Waals surface area contributed by atoms with Gasteiger partial charge in [-0.25, -0.2) is 0 Å². The Morgan fingerprint density at radius 3 is 1.57 bits per heavy atom. The second-order valence-electron chi connectivity index (χ2n) is 8.76. The van der Waals surface area contributed by atoms with Crippen molar-refractivity contribution in [2.75, 3.05) is 20.8 Å². The minimum absolute atomic E-state index is 0.215. The van der Waals surface area contributed by atoms with Gasteiger partial charge in [-0.3, -0.25) is 0 Å². The van der Waals surface area contributed by atoms with E-state index in [-0.39, 0.29) is 26.4 Å². The van der Waals surface area contributed by atoms with Crippen molar-refractivity contribution in [2.45, 2.75) is 50.5 Å². The van der Waals surface area contributed by atoms with Gasteiger partial charge in [-0.05, 0) is 41.0 Å². The van der Waals surface area contributed by atoms with Crippen LogP contribution in [-0.2, 0) is 38.8 Å². The largest absolute Gasteiger partial charge is 0.497 e. The molecule has 1 fully saturated rings. The van der Waals surface area contributed by atoms with Crippen molar-refractivity contribution in [3.8, 4) is 11.5 Å². The maximum absolute atomic E-state index is 10.8. The van der Waals surface area contributed by atoms with Crippen LogP contribution in [-0.4, -0.2) is 61.7 Å². The van der Waals surface area contributed by atoms with Gasteiger partial charge in [-0.2, -0.15) is 0 Å². The maximum atomic E-state index is 10.8. The van der Waals surface area contributed by atoms with Crippen molar-refractivity contribution in [1.82, 2.24) is 0 Å². The van der Waals surface area contributed by atoms with Gasteiger partial charge in [0.15, 0.2) is 6.29 Å². The standard InChI is InChI=1S/C29H34O8/c1-32-23-12-8-21(9-13-23)18-35-27-26(34-17-20-6-4-3-5-7-20)25(16-30)37-29(31)28(27)36-19-22-10-14-24(33-2)15-11-22/h3-15,25-31H,16-19H2,1-2H3/t25-,26-,27+,28-,29-/m1/s1. The van der Waals surface area contributed by atoms with Gasteiger partial charge in [0.25, 0.3) is 0 Å².